The van der Waals surface area contributed by atoms with Crippen LogP contribution in [-0.4, -0.2) is 70.0 Å². The molecule has 0 radical (unpaired) electrons. The van der Waals surface area contributed by atoms with Gasteiger partial charge in [-0.1, -0.05) is 174 Å². The van der Waals surface area contributed by atoms with E-state index in [0.29, 0.717) is 17.4 Å². The quantitative estimate of drug-likeness (QED) is 0.0197. The van der Waals surface area contributed by atoms with Crippen molar-refractivity contribution < 1.29 is 42.1 Å². The Morgan fingerprint density at radius 1 is 0.545 bits per heavy atom. The second kappa shape index (κ2) is 38.3. The number of ether oxygens (including phenoxy) is 2. The molecule has 1 unspecified atom stereocenters. The molecule has 2 atom stereocenters. The number of hydrogen-bond donors (Lipinski definition) is 0. The second-order valence-electron chi connectivity index (χ2n) is 16.8. The van der Waals surface area contributed by atoms with E-state index in [1.54, 1.807) is 0 Å². The first-order valence-electron chi connectivity index (χ1n) is 22.9. The first-order valence-corrected chi connectivity index (χ1v) is 24.4. The molecule has 0 saturated heterocycles. The van der Waals surface area contributed by atoms with Crippen molar-refractivity contribution in [3.05, 3.63) is 12.2 Å². The highest BCUT2D eigenvalue weighted by Gasteiger charge is 2.21. The zero-order chi connectivity index (χ0) is 40.7. The van der Waals surface area contributed by atoms with Crippen LogP contribution in [0.25, 0.3) is 0 Å². The van der Waals surface area contributed by atoms with Crippen molar-refractivity contribution in [2.24, 2.45) is 0 Å². The van der Waals surface area contributed by atoms with Gasteiger partial charge in [-0.2, -0.15) is 0 Å². The van der Waals surface area contributed by atoms with Crippen molar-refractivity contribution in [3.8, 4) is 0 Å². The van der Waals surface area contributed by atoms with E-state index < -0.39 is 26.5 Å². The van der Waals surface area contributed by atoms with Gasteiger partial charge in [-0.25, -0.2) is 0 Å². The van der Waals surface area contributed by atoms with Gasteiger partial charge in [-0.3, -0.25) is 14.2 Å². The summed E-state index contributed by atoms with van der Waals surface area (Å²) in [6.45, 7) is 4.24. The molecule has 0 fully saturated rings. The molecule has 0 saturated carbocycles. The van der Waals surface area contributed by atoms with Gasteiger partial charge in [0.2, 0.25) is 0 Å². The maximum atomic E-state index is 12.7. The number of rotatable bonds is 42. The molecule has 0 aliphatic heterocycles. The molecule has 0 aromatic carbocycles. The monoisotopic (exact) mass is 802 g/mol. The lowest BCUT2D eigenvalue weighted by Crippen LogP contribution is -2.37. The normalized spacial score (nSPS) is 13.6. The Labute approximate surface area is 339 Å². The van der Waals surface area contributed by atoms with Gasteiger partial charge in [0.1, 0.15) is 19.8 Å². The lowest BCUT2D eigenvalue weighted by molar-refractivity contribution is -0.870. The van der Waals surface area contributed by atoms with Crippen LogP contribution in [0.1, 0.15) is 213 Å². The summed E-state index contributed by atoms with van der Waals surface area (Å²) in [6, 6.07) is 0. The number of carbonyl (C=O) groups excluding carboxylic acids is 2. The molecule has 326 valence electrons. The second-order valence-corrected chi connectivity index (χ2v) is 18.2. The Morgan fingerprint density at radius 3 is 1.35 bits per heavy atom. The molecule has 9 nitrogen and oxygen atoms in total. The number of unbranched alkanes of at least 4 members (excludes halogenated alkanes) is 26. The number of quaternary nitrogens is 1. The summed E-state index contributed by atoms with van der Waals surface area (Å²) in [7, 11) is 1.17. The average molecular weight is 802 g/mol. The third-order valence-electron chi connectivity index (χ3n) is 10.0. The van der Waals surface area contributed by atoms with Crippen LogP contribution < -0.4 is 4.89 Å². The predicted octanol–water partition coefficient (Wildman–Crippen LogP) is 12.3. The third kappa shape index (κ3) is 42.2. The lowest BCUT2D eigenvalue weighted by Gasteiger charge is -2.28. The average Bonchev–Trinajstić information content (AvgIpc) is 3.13. The molecule has 0 aliphatic rings. The fourth-order valence-corrected chi connectivity index (χ4v) is 7.14. The number of carbonyl (C=O) groups is 2. The van der Waals surface area contributed by atoms with E-state index in [1.807, 2.05) is 21.1 Å². The van der Waals surface area contributed by atoms with E-state index in [9.17, 15) is 19.0 Å². The SMILES string of the molecule is CCCCCCCC/C=C/CCCCCCCC(=O)O[C@H](COC(=O)CCCCCCCCCCCCCCCCCC)COP(=O)([O-])OCC[N+](C)(C)C. The van der Waals surface area contributed by atoms with Crippen LogP contribution in [0, 0.1) is 0 Å². The highest BCUT2D eigenvalue weighted by Crippen LogP contribution is 2.38. The van der Waals surface area contributed by atoms with Crippen molar-refractivity contribution in [1.29, 1.82) is 0 Å². The number of phosphoric acid groups is 1. The predicted molar refractivity (Wildman–Crippen MR) is 227 cm³/mol. The highest BCUT2D eigenvalue weighted by molar-refractivity contribution is 7.45. The van der Waals surface area contributed by atoms with E-state index in [2.05, 4.69) is 26.0 Å². The molecule has 0 aromatic rings. The topological polar surface area (TPSA) is 111 Å². The van der Waals surface area contributed by atoms with E-state index in [1.165, 1.54) is 128 Å². The Morgan fingerprint density at radius 2 is 0.927 bits per heavy atom. The molecular formula is C45H88NO8P. The van der Waals surface area contributed by atoms with Gasteiger partial charge in [-0.05, 0) is 38.5 Å². The smallest absolute Gasteiger partial charge is 0.306 e. The van der Waals surface area contributed by atoms with Gasteiger partial charge >= 0.3 is 11.9 Å². The molecule has 0 rings (SSSR count). The number of allylic oxidation sites excluding steroid dienone is 2. The number of nitrogens with zero attached hydrogens (tertiary/aromatic N) is 1. The van der Waals surface area contributed by atoms with E-state index >= 15 is 0 Å². The third-order valence-corrected chi connectivity index (χ3v) is 11.0. The van der Waals surface area contributed by atoms with Crippen molar-refractivity contribution in [3.63, 3.8) is 0 Å². The van der Waals surface area contributed by atoms with Gasteiger partial charge in [0.25, 0.3) is 7.82 Å². The molecule has 0 amide bonds. The molecule has 0 heterocycles. The van der Waals surface area contributed by atoms with Crippen LogP contribution in [0.2, 0.25) is 0 Å². The van der Waals surface area contributed by atoms with E-state index in [4.69, 9.17) is 18.5 Å². The van der Waals surface area contributed by atoms with Gasteiger partial charge in [0.05, 0.1) is 27.7 Å². The van der Waals surface area contributed by atoms with Crippen LogP contribution in [-0.2, 0) is 32.7 Å². The Balaban J connectivity index is 4.32. The molecular weight excluding hydrogens is 713 g/mol. The molecule has 0 aromatic heterocycles. The number of phosphoric ester groups is 1. The van der Waals surface area contributed by atoms with Crippen LogP contribution in [0.5, 0.6) is 0 Å². The Bertz CT molecular complexity index is 954. The summed E-state index contributed by atoms with van der Waals surface area (Å²) < 4.78 is 33.9. The molecule has 0 bridgehead atoms. The number of hydrogen-bond acceptors (Lipinski definition) is 8. The van der Waals surface area contributed by atoms with Crippen molar-refractivity contribution in [1.82, 2.24) is 0 Å². The minimum absolute atomic E-state index is 0.0293. The van der Waals surface area contributed by atoms with E-state index in [-0.39, 0.29) is 32.0 Å². The summed E-state index contributed by atoms with van der Waals surface area (Å²) in [5, 5.41) is 0. The van der Waals surface area contributed by atoms with Crippen LogP contribution in [0.4, 0.5) is 0 Å². The van der Waals surface area contributed by atoms with Gasteiger partial charge in [0, 0.05) is 12.8 Å². The zero-order valence-corrected chi connectivity index (χ0v) is 37.5. The molecule has 55 heavy (non-hydrogen) atoms. The maximum Gasteiger partial charge on any atom is 0.306 e. The fourth-order valence-electron chi connectivity index (χ4n) is 6.41. The Hall–Kier alpha value is -1.25. The van der Waals surface area contributed by atoms with Crippen molar-refractivity contribution in [2.45, 2.75) is 219 Å². The van der Waals surface area contributed by atoms with E-state index in [0.717, 1.165) is 51.4 Å². The molecule has 0 spiro atoms. The van der Waals surface area contributed by atoms with Crippen LogP contribution in [0.3, 0.4) is 0 Å². The summed E-state index contributed by atoms with van der Waals surface area (Å²) in [4.78, 5) is 37.5. The first-order chi connectivity index (χ1) is 26.5. The maximum absolute atomic E-state index is 12.7. The van der Waals surface area contributed by atoms with Crippen molar-refractivity contribution >= 4 is 19.8 Å². The first kappa shape index (κ1) is 53.8. The highest BCUT2D eigenvalue weighted by atomic mass is 31.2. The minimum atomic E-state index is -4.62. The van der Waals surface area contributed by atoms with Gasteiger partial charge in [0.15, 0.2) is 6.10 Å². The van der Waals surface area contributed by atoms with Gasteiger partial charge in [-0.15, -0.1) is 0 Å². The molecule has 10 heteroatoms. The number of esters is 2. The summed E-state index contributed by atoms with van der Waals surface area (Å²) in [6.07, 6.45) is 39.4. The largest absolute Gasteiger partial charge is 0.756 e. The minimum Gasteiger partial charge on any atom is -0.756 e. The summed E-state index contributed by atoms with van der Waals surface area (Å²) >= 11 is 0. The van der Waals surface area contributed by atoms with Crippen molar-refractivity contribution in [2.75, 3.05) is 47.5 Å². The van der Waals surface area contributed by atoms with Crippen LogP contribution in [0.15, 0.2) is 12.2 Å². The fraction of sp³-hybridized carbons (Fsp3) is 0.911. The summed E-state index contributed by atoms with van der Waals surface area (Å²) in [5.74, 6) is -0.833. The Kier molecular flexibility index (Phi) is 37.4. The van der Waals surface area contributed by atoms with Gasteiger partial charge < -0.3 is 27.9 Å². The molecule has 0 aliphatic carbocycles. The zero-order valence-electron chi connectivity index (χ0n) is 36.6. The molecule has 0 N–H and O–H groups in total. The number of likely N-dealkylation sites (N-methyl/N-ethyl adjacent to an activating group) is 1. The van der Waals surface area contributed by atoms with Crippen LogP contribution >= 0.6 is 7.82 Å². The summed E-state index contributed by atoms with van der Waals surface area (Å²) in [5.41, 5.74) is 0. The standard InChI is InChI=1S/C45H88NO8P/c1-6-8-10-12-14-16-18-20-22-24-25-27-29-31-33-35-37-44(47)51-41-43(42-53-55(49,50)52-40-39-46(3,4)5)54-45(48)38-36-34-32-30-28-26-23-21-19-17-15-13-11-9-7-2/h21,23,43H,6-20,22,24-42H2,1-5H3/b23-21+/t43-/m1/s1. The lowest BCUT2D eigenvalue weighted by atomic mass is 10.0.